The summed E-state index contributed by atoms with van der Waals surface area (Å²) in [4.78, 5) is 30.9. The van der Waals surface area contributed by atoms with Gasteiger partial charge >= 0.3 is 7.60 Å². The Morgan fingerprint density at radius 2 is 2.30 bits per heavy atom. The molecule has 0 bridgehead atoms. The van der Waals surface area contributed by atoms with E-state index in [4.69, 9.17) is 4.52 Å². The summed E-state index contributed by atoms with van der Waals surface area (Å²) in [5.41, 5.74) is 0.0175. The van der Waals surface area contributed by atoms with Crippen molar-refractivity contribution in [1.29, 1.82) is 0 Å². The van der Waals surface area contributed by atoms with Crippen molar-refractivity contribution in [2.45, 2.75) is 0 Å². The fourth-order valence-electron chi connectivity index (χ4n) is 1.56. The predicted octanol–water partition coefficient (Wildman–Crippen LogP) is 1.83. The van der Waals surface area contributed by atoms with E-state index in [-0.39, 0.29) is 11.5 Å². The van der Waals surface area contributed by atoms with Gasteiger partial charge in [0, 0.05) is 6.20 Å². The molecule has 0 aliphatic rings. The highest BCUT2D eigenvalue weighted by molar-refractivity contribution is 7.53. The van der Waals surface area contributed by atoms with Crippen LogP contribution in [0.2, 0.25) is 0 Å². The van der Waals surface area contributed by atoms with Gasteiger partial charge in [-0.05, 0) is 23.6 Å². The zero-order valence-corrected chi connectivity index (χ0v) is 13.8. The van der Waals surface area contributed by atoms with Crippen molar-refractivity contribution in [3.63, 3.8) is 0 Å². The Bertz CT molecular complexity index is 720. The zero-order valence-electron chi connectivity index (χ0n) is 12.1. The largest absolute Gasteiger partial charge is 0.422 e. The van der Waals surface area contributed by atoms with Crippen LogP contribution in [0.1, 0.15) is 4.88 Å². The van der Waals surface area contributed by atoms with E-state index in [0.717, 1.165) is 0 Å². The Morgan fingerprint density at radius 1 is 1.48 bits per heavy atom. The lowest BCUT2D eigenvalue weighted by Gasteiger charge is -2.13. The third kappa shape index (κ3) is 5.17. The summed E-state index contributed by atoms with van der Waals surface area (Å²) >= 11 is 1.29. The van der Waals surface area contributed by atoms with Gasteiger partial charge in [0.2, 0.25) is 0 Å². The van der Waals surface area contributed by atoms with Crippen LogP contribution in [0, 0.1) is 0 Å². The minimum absolute atomic E-state index is 0.0175. The number of oxime groups is 1. The molecule has 0 aliphatic carbocycles. The maximum absolute atomic E-state index is 12.1. The summed E-state index contributed by atoms with van der Waals surface area (Å²) in [6.45, 7) is 0. The molecule has 2 rings (SSSR count). The smallest absolute Gasteiger partial charge is 0.395 e. The second kappa shape index (κ2) is 7.87. The number of nitrogens with one attached hydrogen (secondary N) is 1. The molecule has 0 aromatic carbocycles. The van der Waals surface area contributed by atoms with Crippen molar-refractivity contribution in [3.8, 4) is 5.75 Å². The topological polar surface area (TPSA) is 110 Å². The van der Waals surface area contributed by atoms with Crippen LogP contribution in [-0.2, 0) is 14.2 Å². The number of carbonyl (C=O) groups excluding carboxylic acids is 1. The molecular weight excluding hydrogens is 341 g/mol. The van der Waals surface area contributed by atoms with Crippen molar-refractivity contribution in [1.82, 2.24) is 10.3 Å². The van der Waals surface area contributed by atoms with Crippen molar-refractivity contribution >= 4 is 30.6 Å². The summed E-state index contributed by atoms with van der Waals surface area (Å²) in [7, 11) is -2.76. The Labute approximate surface area is 136 Å². The maximum atomic E-state index is 12.1. The average Bonchev–Trinajstić information content (AvgIpc) is 3.05. The van der Waals surface area contributed by atoms with Gasteiger partial charge in [-0.1, -0.05) is 11.2 Å². The first-order valence-corrected chi connectivity index (χ1v) is 9.01. The molecular formula is C13H14N3O5PS. The lowest BCUT2D eigenvalue weighted by Crippen LogP contribution is -2.32. The normalized spacial score (nSPS) is 13.9. The minimum Gasteiger partial charge on any atom is -0.422 e. The number of hydrogen-bond acceptors (Lipinski definition) is 7. The van der Waals surface area contributed by atoms with Crippen LogP contribution in [-0.4, -0.2) is 34.9 Å². The van der Waals surface area contributed by atoms with Gasteiger partial charge in [0.05, 0.1) is 11.1 Å². The van der Waals surface area contributed by atoms with E-state index >= 15 is 0 Å². The Balaban J connectivity index is 1.99. The van der Waals surface area contributed by atoms with Crippen LogP contribution >= 0.6 is 18.9 Å². The first-order chi connectivity index (χ1) is 11.0. The molecule has 0 fully saturated rings. The third-order valence-corrected chi connectivity index (χ3v) is 4.40. The fourth-order valence-corrected chi connectivity index (χ4v) is 3.10. The van der Waals surface area contributed by atoms with E-state index in [9.17, 15) is 14.3 Å². The highest BCUT2D eigenvalue weighted by Gasteiger charge is 2.24. The number of nitrogens with zero attached hydrogens (tertiary/aromatic N) is 2. The molecule has 8 nitrogen and oxygen atoms in total. The molecule has 0 saturated heterocycles. The zero-order chi connectivity index (χ0) is 16.7. The molecule has 1 amide bonds. The summed E-state index contributed by atoms with van der Waals surface area (Å²) < 4.78 is 16.9. The predicted molar refractivity (Wildman–Crippen MR) is 85.6 cm³/mol. The molecule has 0 aliphatic heterocycles. The van der Waals surface area contributed by atoms with Crippen LogP contribution in [0.3, 0.4) is 0 Å². The van der Waals surface area contributed by atoms with Crippen LogP contribution in [0.25, 0.3) is 0 Å². The molecule has 1 atom stereocenters. The molecule has 2 aromatic rings. The van der Waals surface area contributed by atoms with Crippen molar-refractivity contribution in [2.75, 3.05) is 13.4 Å². The number of amides is 1. The van der Waals surface area contributed by atoms with E-state index in [2.05, 4.69) is 20.3 Å². The molecule has 122 valence electrons. The van der Waals surface area contributed by atoms with Gasteiger partial charge < -0.3 is 19.6 Å². The molecule has 0 radical (unpaired) electrons. The van der Waals surface area contributed by atoms with E-state index in [1.54, 1.807) is 23.6 Å². The lowest BCUT2D eigenvalue weighted by atomic mass is 10.3. The minimum atomic E-state index is -4.07. The van der Waals surface area contributed by atoms with E-state index < -0.39 is 19.8 Å². The number of rotatable bonds is 7. The molecule has 2 heterocycles. The molecule has 23 heavy (non-hydrogen) atoms. The fraction of sp³-hybridized carbons (Fsp3) is 0.154. The first-order valence-electron chi connectivity index (χ1n) is 6.36. The first kappa shape index (κ1) is 17.1. The van der Waals surface area contributed by atoms with Gasteiger partial charge in [0.1, 0.15) is 19.1 Å². The van der Waals surface area contributed by atoms with E-state index in [0.29, 0.717) is 4.88 Å². The van der Waals surface area contributed by atoms with E-state index in [1.807, 2.05) is 0 Å². The Morgan fingerprint density at radius 3 is 2.91 bits per heavy atom. The van der Waals surface area contributed by atoms with Crippen LogP contribution < -0.4 is 9.84 Å². The molecule has 2 N–H and O–H groups in total. The summed E-state index contributed by atoms with van der Waals surface area (Å²) in [5, 5.41) is 7.73. The van der Waals surface area contributed by atoms with Gasteiger partial charge in [-0.25, -0.2) is 4.57 Å². The maximum Gasteiger partial charge on any atom is 0.395 e. The molecule has 1 unspecified atom stereocenters. The summed E-state index contributed by atoms with van der Waals surface area (Å²) in [6.07, 6.45) is 2.23. The molecule has 10 heteroatoms. The van der Waals surface area contributed by atoms with Crippen molar-refractivity contribution in [3.05, 3.63) is 46.9 Å². The highest BCUT2D eigenvalue weighted by atomic mass is 32.1. The van der Waals surface area contributed by atoms with Crippen LogP contribution in [0.4, 0.5) is 0 Å². The van der Waals surface area contributed by atoms with Crippen molar-refractivity contribution in [2.24, 2.45) is 5.16 Å². The summed E-state index contributed by atoms with van der Waals surface area (Å²) in [5.74, 6) is -0.505. The number of carbonyl (C=O) groups is 1. The second-order valence-electron chi connectivity index (χ2n) is 4.18. The van der Waals surface area contributed by atoms with Crippen molar-refractivity contribution < 1.29 is 23.6 Å². The monoisotopic (exact) mass is 355 g/mol. The van der Waals surface area contributed by atoms with E-state index in [1.165, 1.54) is 36.9 Å². The highest BCUT2D eigenvalue weighted by Crippen LogP contribution is 2.40. The number of hydrogen-bond donors (Lipinski definition) is 2. The molecule has 2 aromatic heterocycles. The Hall–Kier alpha value is -2.22. The lowest BCUT2D eigenvalue weighted by molar-refractivity contribution is -0.114. The van der Waals surface area contributed by atoms with Gasteiger partial charge in [0.25, 0.3) is 5.91 Å². The van der Waals surface area contributed by atoms with Crippen LogP contribution in [0.5, 0.6) is 5.75 Å². The van der Waals surface area contributed by atoms with Gasteiger partial charge in [-0.2, -0.15) is 0 Å². The quantitative estimate of drug-likeness (QED) is 0.445. The Kier molecular flexibility index (Phi) is 5.86. The van der Waals surface area contributed by atoms with Gasteiger partial charge in [0.15, 0.2) is 5.71 Å². The van der Waals surface area contributed by atoms with Gasteiger partial charge in [-0.15, -0.1) is 11.3 Å². The van der Waals surface area contributed by atoms with Gasteiger partial charge in [-0.3, -0.25) is 9.78 Å². The summed E-state index contributed by atoms with van der Waals surface area (Å²) in [6, 6.07) is 6.49. The molecule has 0 saturated carbocycles. The number of pyridine rings is 1. The van der Waals surface area contributed by atoms with Crippen LogP contribution in [0.15, 0.2) is 47.2 Å². The standard InChI is InChI=1S/C13H14N3O5PS/c1-20-16-12(11-5-3-7-23-11)13(17)15-9-22(18,19)21-10-4-2-6-14-8-10/h2-8H,9H2,1H3,(H,15,17)(H,18,19)/b16-12+. The average molecular weight is 355 g/mol. The third-order valence-electron chi connectivity index (χ3n) is 2.47. The number of aromatic nitrogens is 1. The number of thiophene rings is 1. The SMILES string of the molecule is CO/N=C(/C(=O)NCP(=O)(O)Oc1cccnc1)c1cccs1. The molecule has 0 spiro atoms. The second-order valence-corrected chi connectivity index (χ2v) is 6.90.